The molecule has 1 aliphatic carbocycles. The lowest BCUT2D eigenvalue weighted by molar-refractivity contribution is 0.0364. The zero-order valence-electron chi connectivity index (χ0n) is 18.2. The minimum Gasteiger partial charge on any atom is -0.379 e. The van der Waals surface area contributed by atoms with E-state index in [-0.39, 0.29) is 17.3 Å². The smallest absolute Gasteiger partial charge is 0.277 e. The van der Waals surface area contributed by atoms with Gasteiger partial charge in [-0.1, -0.05) is 18.0 Å². The topological polar surface area (TPSA) is 90.7 Å². The maximum Gasteiger partial charge on any atom is 0.277 e. The third kappa shape index (κ3) is 3.63. The highest BCUT2D eigenvalue weighted by atomic mass is 19.1. The lowest BCUT2D eigenvalue weighted by Gasteiger charge is -2.27. The van der Waals surface area contributed by atoms with Crippen LogP contribution in [0.1, 0.15) is 37.5 Å². The number of hydrogen-bond acceptors (Lipinski definition) is 7. The molecule has 1 saturated carbocycles. The molecule has 2 fully saturated rings. The monoisotopic (exact) mass is 452 g/mol. The molecule has 4 heterocycles. The first-order valence-corrected chi connectivity index (χ1v) is 11.5. The Morgan fingerprint density at radius 2 is 1.91 bits per heavy atom. The second-order valence-corrected chi connectivity index (χ2v) is 8.79. The van der Waals surface area contributed by atoms with Crippen LogP contribution in [-0.4, -0.2) is 61.8 Å². The second kappa shape index (κ2) is 8.35. The fourth-order valence-corrected chi connectivity index (χ4v) is 5.01. The SMILES string of the molecule is O=c1c2c(-c3noc(C4CCCC4)n3)ncn2c2ccc(F)cc2n1CCN1CCOCC1. The number of ether oxygens (including phenoxy) is 1. The molecule has 3 aromatic heterocycles. The van der Waals surface area contributed by atoms with Gasteiger partial charge in [-0.2, -0.15) is 4.98 Å². The normalized spacial score (nSPS) is 18.1. The predicted octanol–water partition coefficient (Wildman–Crippen LogP) is 2.83. The van der Waals surface area contributed by atoms with Crippen LogP contribution in [0.4, 0.5) is 4.39 Å². The average molecular weight is 452 g/mol. The Balaban J connectivity index is 1.46. The number of imidazole rings is 1. The first-order chi connectivity index (χ1) is 16.2. The number of halogens is 1. The van der Waals surface area contributed by atoms with Crippen LogP contribution in [0, 0.1) is 5.82 Å². The lowest BCUT2D eigenvalue weighted by atomic mass is 10.1. The van der Waals surface area contributed by atoms with Crippen molar-refractivity contribution in [2.75, 3.05) is 32.8 Å². The molecule has 2 aliphatic rings. The highest BCUT2D eigenvalue weighted by Gasteiger charge is 2.26. The van der Waals surface area contributed by atoms with Crippen LogP contribution < -0.4 is 5.56 Å². The highest BCUT2D eigenvalue weighted by molar-refractivity contribution is 5.83. The molecule has 0 radical (unpaired) electrons. The van der Waals surface area contributed by atoms with Gasteiger partial charge in [0, 0.05) is 32.1 Å². The van der Waals surface area contributed by atoms with Crippen LogP contribution in [0.25, 0.3) is 28.1 Å². The van der Waals surface area contributed by atoms with E-state index >= 15 is 0 Å². The predicted molar refractivity (Wildman–Crippen MR) is 119 cm³/mol. The van der Waals surface area contributed by atoms with Gasteiger partial charge in [-0.3, -0.25) is 14.1 Å². The molecule has 9 nitrogen and oxygen atoms in total. The molecule has 0 amide bonds. The number of aromatic nitrogens is 5. The first kappa shape index (κ1) is 20.5. The molecule has 0 atom stereocenters. The zero-order chi connectivity index (χ0) is 22.4. The van der Waals surface area contributed by atoms with Crippen LogP contribution in [0.15, 0.2) is 33.8 Å². The van der Waals surface area contributed by atoms with Crippen molar-refractivity contribution >= 4 is 16.6 Å². The Labute approximate surface area is 188 Å². The van der Waals surface area contributed by atoms with Crippen molar-refractivity contribution in [3.63, 3.8) is 0 Å². The third-order valence-electron chi connectivity index (χ3n) is 6.80. The van der Waals surface area contributed by atoms with E-state index in [1.54, 1.807) is 21.4 Å². The zero-order valence-corrected chi connectivity index (χ0v) is 18.2. The molecule has 0 N–H and O–H groups in total. The van der Waals surface area contributed by atoms with Crippen LogP contribution in [-0.2, 0) is 11.3 Å². The van der Waals surface area contributed by atoms with Crippen molar-refractivity contribution in [1.82, 2.24) is 29.0 Å². The Morgan fingerprint density at radius 1 is 1.09 bits per heavy atom. The number of fused-ring (bicyclic) bond motifs is 3. The van der Waals surface area contributed by atoms with Gasteiger partial charge >= 0.3 is 0 Å². The van der Waals surface area contributed by atoms with Crippen molar-refractivity contribution in [3.05, 3.63) is 46.6 Å². The van der Waals surface area contributed by atoms with E-state index in [0.717, 1.165) is 38.8 Å². The maximum absolute atomic E-state index is 14.2. The first-order valence-electron chi connectivity index (χ1n) is 11.5. The lowest BCUT2D eigenvalue weighted by Crippen LogP contribution is -2.39. The number of benzene rings is 1. The summed E-state index contributed by atoms with van der Waals surface area (Å²) in [5.74, 6) is 0.812. The number of nitrogens with zero attached hydrogens (tertiary/aromatic N) is 6. The second-order valence-electron chi connectivity index (χ2n) is 8.79. The maximum atomic E-state index is 14.2. The summed E-state index contributed by atoms with van der Waals surface area (Å²) in [7, 11) is 0. The van der Waals surface area contributed by atoms with Gasteiger partial charge in [0.05, 0.1) is 24.2 Å². The Bertz CT molecular complexity index is 1360. The summed E-state index contributed by atoms with van der Waals surface area (Å²) in [6.07, 6.45) is 5.97. The fourth-order valence-electron chi connectivity index (χ4n) is 5.01. The van der Waals surface area contributed by atoms with Crippen molar-refractivity contribution in [2.45, 2.75) is 38.1 Å². The highest BCUT2D eigenvalue weighted by Crippen LogP contribution is 2.34. The quantitative estimate of drug-likeness (QED) is 0.460. The van der Waals surface area contributed by atoms with Gasteiger partial charge in [0.15, 0.2) is 0 Å². The van der Waals surface area contributed by atoms with Crippen LogP contribution >= 0.6 is 0 Å². The molecule has 10 heteroatoms. The van der Waals surface area contributed by atoms with E-state index in [4.69, 9.17) is 9.26 Å². The van der Waals surface area contributed by atoms with Crippen molar-refractivity contribution < 1.29 is 13.7 Å². The Kier molecular flexibility index (Phi) is 5.18. The molecule has 0 spiro atoms. The Hall–Kier alpha value is -3.11. The number of hydrogen-bond donors (Lipinski definition) is 0. The number of rotatable bonds is 5. The van der Waals surface area contributed by atoms with E-state index in [1.165, 1.54) is 12.1 Å². The van der Waals surface area contributed by atoms with Gasteiger partial charge in [-0.05, 0) is 31.0 Å². The summed E-state index contributed by atoms with van der Waals surface area (Å²) < 4.78 is 28.4. The summed E-state index contributed by atoms with van der Waals surface area (Å²) in [6, 6.07) is 4.47. The molecule has 1 aromatic carbocycles. The van der Waals surface area contributed by atoms with Gasteiger partial charge in [0.1, 0.15) is 23.4 Å². The van der Waals surface area contributed by atoms with Gasteiger partial charge in [-0.25, -0.2) is 9.37 Å². The van der Waals surface area contributed by atoms with Crippen LogP contribution in [0.3, 0.4) is 0 Å². The molecular formula is C23H25FN6O3. The van der Waals surface area contributed by atoms with E-state index in [1.807, 2.05) is 0 Å². The van der Waals surface area contributed by atoms with Gasteiger partial charge < -0.3 is 13.8 Å². The summed E-state index contributed by atoms with van der Waals surface area (Å²) >= 11 is 0. The van der Waals surface area contributed by atoms with E-state index in [9.17, 15) is 9.18 Å². The molecular weight excluding hydrogens is 427 g/mol. The van der Waals surface area contributed by atoms with Crippen molar-refractivity contribution in [1.29, 1.82) is 0 Å². The van der Waals surface area contributed by atoms with Crippen LogP contribution in [0.5, 0.6) is 0 Å². The number of morpholine rings is 1. The molecule has 6 rings (SSSR count). The van der Waals surface area contributed by atoms with Gasteiger partial charge in [0.2, 0.25) is 11.7 Å². The molecule has 0 unspecified atom stereocenters. The van der Waals surface area contributed by atoms with E-state index in [0.29, 0.717) is 60.3 Å². The minimum absolute atomic E-state index is 0.249. The fraction of sp³-hybridized carbons (Fsp3) is 0.478. The molecule has 1 saturated heterocycles. The molecule has 172 valence electrons. The summed E-state index contributed by atoms with van der Waals surface area (Å²) in [5, 5.41) is 4.15. The molecule has 0 bridgehead atoms. The third-order valence-corrected chi connectivity index (χ3v) is 6.80. The molecule has 4 aromatic rings. The van der Waals surface area contributed by atoms with E-state index < -0.39 is 0 Å². The minimum atomic E-state index is -0.388. The summed E-state index contributed by atoms with van der Waals surface area (Å²) in [5.41, 5.74) is 1.74. The Morgan fingerprint density at radius 3 is 2.73 bits per heavy atom. The standard InChI is InChI=1S/C23H25FN6O3/c24-16-5-6-17-18(13-16)29(8-7-28-9-11-32-12-10-28)23(31)20-19(25-14-30(17)20)21-26-22(33-27-21)15-3-1-2-4-15/h5-6,13-15H,1-4,7-12H2. The van der Waals surface area contributed by atoms with Crippen molar-refractivity contribution in [2.24, 2.45) is 0 Å². The van der Waals surface area contributed by atoms with Gasteiger partial charge in [0.25, 0.3) is 5.56 Å². The van der Waals surface area contributed by atoms with E-state index in [2.05, 4.69) is 20.0 Å². The summed E-state index contributed by atoms with van der Waals surface area (Å²) in [6.45, 7) is 4.08. The van der Waals surface area contributed by atoms with Crippen LogP contribution in [0.2, 0.25) is 0 Å². The van der Waals surface area contributed by atoms with Crippen molar-refractivity contribution in [3.8, 4) is 11.5 Å². The molecule has 1 aliphatic heterocycles. The average Bonchev–Trinajstić information content (AvgIpc) is 3.59. The van der Waals surface area contributed by atoms with Gasteiger partial charge in [-0.15, -0.1) is 0 Å². The summed E-state index contributed by atoms with van der Waals surface area (Å²) in [4.78, 5) is 25.0. The molecule has 33 heavy (non-hydrogen) atoms. The largest absolute Gasteiger partial charge is 0.379 e.